The summed E-state index contributed by atoms with van der Waals surface area (Å²) in [5.74, 6) is -0.979. The number of amidine groups is 1. The highest BCUT2D eigenvalue weighted by atomic mass is 79.9. The highest BCUT2D eigenvalue weighted by Gasteiger charge is 2.15. The van der Waals surface area contributed by atoms with Crippen LogP contribution in [0.25, 0.3) is 0 Å². The summed E-state index contributed by atoms with van der Waals surface area (Å²) < 4.78 is 42.1. The number of alkyl halides is 2. The molecule has 0 aromatic heterocycles. The molecule has 0 saturated carbocycles. The molecule has 0 bridgehead atoms. The lowest BCUT2D eigenvalue weighted by molar-refractivity contribution is -0.0499. The van der Waals surface area contributed by atoms with Crippen LogP contribution in [0.4, 0.5) is 18.9 Å². The van der Waals surface area contributed by atoms with Gasteiger partial charge in [-0.05, 0) is 28.3 Å². The standard InChI is InChI=1S/C10H7BrF3N3OS/c1-19-10(16-4-15)17-7-3-5(12)2-6(11)8(7)18-9(13)14/h2-3,9H,1H3,(H,16,17). The molecular formula is C10H7BrF3N3OS. The molecular weight excluding hydrogens is 347 g/mol. The number of ether oxygens (including phenoxy) is 1. The minimum Gasteiger partial charge on any atom is -0.431 e. The van der Waals surface area contributed by atoms with Gasteiger partial charge in [0.15, 0.2) is 17.1 Å². The van der Waals surface area contributed by atoms with Gasteiger partial charge in [0.2, 0.25) is 0 Å². The lowest BCUT2D eigenvalue weighted by Gasteiger charge is -2.10. The first-order valence-corrected chi connectivity index (χ1v) is 6.71. The highest BCUT2D eigenvalue weighted by molar-refractivity contribution is 9.10. The maximum Gasteiger partial charge on any atom is 0.387 e. The SMILES string of the molecule is CSC(=Nc1cc(F)cc(Br)c1OC(F)F)NC#N. The van der Waals surface area contributed by atoms with E-state index in [1.165, 1.54) is 0 Å². The second-order valence-electron chi connectivity index (χ2n) is 2.97. The van der Waals surface area contributed by atoms with Gasteiger partial charge in [-0.15, -0.1) is 0 Å². The summed E-state index contributed by atoms with van der Waals surface area (Å²) in [6, 6.07) is 1.91. The predicted molar refractivity (Wildman–Crippen MR) is 70.1 cm³/mol. The van der Waals surface area contributed by atoms with Crippen LogP contribution in [0.2, 0.25) is 0 Å². The third-order valence-corrected chi connectivity index (χ3v) is 2.94. The first-order chi connectivity index (χ1) is 8.97. The number of benzene rings is 1. The Morgan fingerprint density at radius 3 is 2.79 bits per heavy atom. The van der Waals surface area contributed by atoms with Crippen LogP contribution in [0.1, 0.15) is 0 Å². The zero-order valence-electron chi connectivity index (χ0n) is 9.45. The number of thioether (sulfide) groups is 1. The van der Waals surface area contributed by atoms with Crippen LogP contribution in [0, 0.1) is 17.3 Å². The van der Waals surface area contributed by atoms with Crippen LogP contribution < -0.4 is 10.1 Å². The summed E-state index contributed by atoms with van der Waals surface area (Å²) >= 11 is 3.98. The minimum atomic E-state index is -3.07. The number of halogens is 4. The van der Waals surface area contributed by atoms with Gasteiger partial charge in [-0.3, -0.25) is 5.32 Å². The van der Waals surface area contributed by atoms with Crippen molar-refractivity contribution in [2.75, 3.05) is 6.26 Å². The van der Waals surface area contributed by atoms with E-state index in [2.05, 4.69) is 31.0 Å². The van der Waals surface area contributed by atoms with E-state index >= 15 is 0 Å². The van der Waals surface area contributed by atoms with Gasteiger partial charge >= 0.3 is 6.61 Å². The van der Waals surface area contributed by atoms with Gasteiger partial charge in [0.1, 0.15) is 11.5 Å². The summed E-state index contributed by atoms with van der Waals surface area (Å²) in [6.07, 6.45) is 3.25. The molecule has 0 aliphatic rings. The van der Waals surface area contributed by atoms with E-state index in [-0.39, 0.29) is 21.1 Å². The van der Waals surface area contributed by atoms with Crippen molar-refractivity contribution in [1.82, 2.24) is 5.32 Å². The topological polar surface area (TPSA) is 57.4 Å². The van der Waals surface area contributed by atoms with Crippen LogP contribution in [-0.2, 0) is 0 Å². The molecule has 102 valence electrons. The average molecular weight is 354 g/mol. The fourth-order valence-electron chi connectivity index (χ4n) is 1.12. The second kappa shape index (κ2) is 7.25. The highest BCUT2D eigenvalue weighted by Crippen LogP contribution is 2.37. The van der Waals surface area contributed by atoms with E-state index in [4.69, 9.17) is 5.26 Å². The van der Waals surface area contributed by atoms with Crippen molar-refractivity contribution in [1.29, 1.82) is 5.26 Å². The maximum absolute atomic E-state index is 13.3. The van der Waals surface area contributed by atoms with E-state index in [0.717, 1.165) is 23.9 Å². The normalized spacial score (nSPS) is 11.3. The Balaban J connectivity index is 3.28. The lowest BCUT2D eigenvalue weighted by Crippen LogP contribution is -2.12. The summed E-state index contributed by atoms with van der Waals surface area (Å²) in [7, 11) is 0. The molecule has 0 atom stereocenters. The Morgan fingerprint density at radius 1 is 1.58 bits per heavy atom. The molecule has 0 aliphatic carbocycles. The third kappa shape index (κ3) is 4.65. The summed E-state index contributed by atoms with van der Waals surface area (Å²) in [5, 5.41) is 10.8. The van der Waals surface area contributed by atoms with Crippen molar-refractivity contribution in [3.05, 3.63) is 22.4 Å². The van der Waals surface area contributed by atoms with Gasteiger partial charge in [0, 0.05) is 6.07 Å². The predicted octanol–water partition coefficient (Wildman–Crippen LogP) is 3.61. The number of aliphatic imine (C=N–C) groups is 1. The Labute approximate surface area is 119 Å². The van der Waals surface area contributed by atoms with Gasteiger partial charge in [0.25, 0.3) is 0 Å². The van der Waals surface area contributed by atoms with Gasteiger partial charge in [0.05, 0.1) is 4.47 Å². The number of nitrogens with one attached hydrogen (secondary N) is 1. The van der Waals surface area contributed by atoms with E-state index in [0.29, 0.717) is 0 Å². The minimum absolute atomic E-state index is 0.00367. The smallest absolute Gasteiger partial charge is 0.387 e. The Hall–Kier alpha value is -1.40. The van der Waals surface area contributed by atoms with E-state index in [1.54, 1.807) is 12.4 Å². The Morgan fingerprint density at radius 2 is 2.26 bits per heavy atom. The van der Waals surface area contributed by atoms with Crippen molar-refractivity contribution in [3.63, 3.8) is 0 Å². The number of nitrogens with zero attached hydrogens (tertiary/aromatic N) is 2. The van der Waals surface area contributed by atoms with Crippen molar-refractivity contribution >= 4 is 38.5 Å². The number of rotatable bonds is 3. The van der Waals surface area contributed by atoms with Crippen molar-refractivity contribution < 1.29 is 17.9 Å². The quantitative estimate of drug-likeness (QED) is 0.390. The van der Waals surface area contributed by atoms with Crippen LogP contribution in [0.15, 0.2) is 21.6 Å². The molecule has 1 aromatic rings. The molecule has 9 heteroatoms. The van der Waals surface area contributed by atoms with Gasteiger partial charge < -0.3 is 4.74 Å². The summed E-state index contributed by atoms with van der Waals surface area (Å²) in [5.41, 5.74) is -0.153. The molecule has 0 spiro atoms. The van der Waals surface area contributed by atoms with Crippen molar-refractivity contribution in [3.8, 4) is 11.9 Å². The fourth-order valence-corrected chi connectivity index (χ4v) is 1.97. The Kier molecular flexibility index (Phi) is 5.98. The number of hydrogen-bond donors (Lipinski definition) is 1. The number of hydrogen-bond acceptors (Lipinski definition) is 4. The molecule has 19 heavy (non-hydrogen) atoms. The van der Waals surface area contributed by atoms with Gasteiger partial charge in [-0.25, -0.2) is 9.38 Å². The van der Waals surface area contributed by atoms with Crippen molar-refractivity contribution in [2.24, 2.45) is 4.99 Å². The summed E-state index contributed by atoms with van der Waals surface area (Å²) in [4.78, 5) is 3.86. The molecule has 0 unspecified atom stereocenters. The molecule has 0 fully saturated rings. The van der Waals surface area contributed by atoms with Crippen LogP contribution in [-0.4, -0.2) is 18.0 Å². The molecule has 0 amide bonds. The van der Waals surface area contributed by atoms with Crippen LogP contribution >= 0.6 is 27.7 Å². The van der Waals surface area contributed by atoms with Crippen LogP contribution in [0.5, 0.6) is 5.75 Å². The second-order valence-corrected chi connectivity index (χ2v) is 4.62. The third-order valence-electron chi connectivity index (χ3n) is 1.77. The van der Waals surface area contributed by atoms with Gasteiger partial charge in [-0.1, -0.05) is 11.8 Å². The van der Waals surface area contributed by atoms with E-state index in [9.17, 15) is 13.2 Å². The fraction of sp³-hybridized carbons (Fsp3) is 0.200. The molecule has 1 rings (SSSR count). The summed E-state index contributed by atoms with van der Waals surface area (Å²) in [6.45, 7) is -3.07. The zero-order valence-corrected chi connectivity index (χ0v) is 11.9. The molecule has 1 aromatic carbocycles. The molecule has 4 nitrogen and oxygen atoms in total. The van der Waals surface area contributed by atoms with Gasteiger partial charge in [-0.2, -0.15) is 14.0 Å². The Bertz CT molecular complexity index is 533. The van der Waals surface area contributed by atoms with Crippen LogP contribution in [0.3, 0.4) is 0 Å². The van der Waals surface area contributed by atoms with E-state index < -0.39 is 12.4 Å². The first-order valence-electron chi connectivity index (χ1n) is 4.69. The maximum atomic E-state index is 13.3. The van der Waals surface area contributed by atoms with E-state index in [1.807, 2.05) is 0 Å². The number of nitriles is 1. The largest absolute Gasteiger partial charge is 0.431 e. The average Bonchev–Trinajstić information content (AvgIpc) is 2.32. The molecule has 1 N–H and O–H groups in total. The lowest BCUT2D eigenvalue weighted by atomic mass is 10.3. The van der Waals surface area contributed by atoms with Crippen molar-refractivity contribution in [2.45, 2.75) is 6.61 Å². The molecule has 0 aliphatic heterocycles. The molecule has 0 radical (unpaired) electrons. The first kappa shape index (κ1) is 15.7. The molecule has 0 heterocycles. The molecule has 0 saturated heterocycles. The monoisotopic (exact) mass is 353 g/mol. The zero-order chi connectivity index (χ0) is 14.4.